The summed E-state index contributed by atoms with van der Waals surface area (Å²) in [6.07, 6.45) is 1.54. The molecule has 0 saturated heterocycles. The highest BCUT2D eigenvalue weighted by molar-refractivity contribution is 6.03. The molecule has 0 aliphatic rings. The number of pyridine rings is 1. The van der Waals surface area contributed by atoms with E-state index >= 15 is 0 Å². The first-order valence-corrected chi connectivity index (χ1v) is 8.41. The van der Waals surface area contributed by atoms with E-state index in [2.05, 4.69) is 11.9 Å². The summed E-state index contributed by atoms with van der Waals surface area (Å²) < 4.78 is 11.9. The number of carbonyl (C=O) groups excluding carboxylic acids is 1. The van der Waals surface area contributed by atoms with Crippen molar-refractivity contribution in [1.82, 2.24) is 14.8 Å². The lowest BCUT2D eigenvalue weighted by Crippen LogP contribution is -2.36. The Bertz CT molecular complexity index is 918. The SMILES string of the molecule is C=CCn1c(=O)c(C(=O)NCCN(C)C)c(O)c2cc(OC)c(OC)cc21. The largest absolute Gasteiger partial charge is 0.506 e. The first kappa shape index (κ1) is 20.3. The molecule has 146 valence electrons. The highest BCUT2D eigenvalue weighted by Gasteiger charge is 2.23. The molecule has 8 heteroatoms. The first-order valence-electron chi connectivity index (χ1n) is 8.41. The van der Waals surface area contributed by atoms with Crippen LogP contribution >= 0.6 is 0 Å². The van der Waals surface area contributed by atoms with Crippen LogP contribution in [0.1, 0.15) is 10.4 Å². The van der Waals surface area contributed by atoms with Crippen molar-refractivity contribution in [3.63, 3.8) is 0 Å². The fourth-order valence-electron chi connectivity index (χ4n) is 2.76. The number of ether oxygens (including phenoxy) is 2. The van der Waals surface area contributed by atoms with Crippen LogP contribution in [0, 0.1) is 0 Å². The molecule has 0 atom stereocenters. The number of aromatic nitrogens is 1. The third-order valence-corrected chi connectivity index (χ3v) is 4.13. The summed E-state index contributed by atoms with van der Waals surface area (Å²) >= 11 is 0. The van der Waals surface area contributed by atoms with Crippen molar-refractivity contribution in [3.8, 4) is 17.2 Å². The summed E-state index contributed by atoms with van der Waals surface area (Å²) in [7, 11) is 6.69. The van der Waals surface area contributed by atoms with Crippen LogP contribution in [-0.4, -0.2) is 61.9 Å². The van der Waals surface area contributed by atoms with Crippen molar-refractivity contribution in [2.24, 2.45) is 0 Å². The van der Waals surface area contributed by atoms with E-state index in [1.165, 1.54) is 18.8 Å². The van der Waals surface area contributed by atoms with Crippen LogP contribution in [0.3, 0.4) is 0 Å². The molecule has 2 N–H and O–H groups in total. The van der Waals surface area contributed by atoms with Gasteiger partial charge in [0.05, 0.1) is 19.7 Å². The lowest BCUT2D eigenvalue weighted by atomic mass is 10.1. The van der Waals surface area contributed by atoms with Gasteiger partial charge in [0.1, 0.15) is 11.3 Å². The number of carbonyl (C=O) groups is 1. The van der Waals surface area contributed by atoms with Gasteiger partial charge in [-0.3, -0.25) is 9.59 Å². The smallest absolute Gasteiger partial charge is 0.268 e. The van der Waals surface area contributed by atoms with Gasteiger partial charge in [0.25, 0.3) is 11.5 Å². The van der Waals surface area contributed by atoms with Gasteiger partial charge in [-0.1, -0.05) is 6.08 Å². The summed E-state index contributed by atoms with van der Waals surface area (Å²) in [5.41, 5.74) is -0.496. The second-order valence-electron chi connectivity index (χ2n) is 6.21. The number of likely N-dealkylation sites (N-methyl/N-ethyl adjacent to an activating group) is 1. The fourth-order valence-corrected chi connectivity index (χ4v) is 2.76. The van der Waals surface area contributed by atoms with Gasteiger partial charge in [0.2, 0.25) is 0 Å². The molecule has 1 heterocycles. The van der Waals surface area contributed by atoms with Crippen molar-refractivity contribution in [2.45, 2.75) is 6.54 Å². The van der Waals surface area contributed by atoms with Gasteiger partial charge in [0, 0.05) is 31.1 Å². The standard InChI is InChI=1S/C19H25N3O5/c1-6-8-22-13-11-15(27-5)14(26-4)10-12(13)17(23)16(19(22)25)18(24)20-7-9-21(2)3/h6,10-11,23H,1,7-9H2,2-5H3,(H,20,24). The van der Waals surface area contributed by atoms with Crippen LogP contribution in [0.25, 0.3) is 10.9 Å². The maximum atomic E-state index is 12.9. The first-order chi connectivity index (χ1) is 12.8. The molecule has 2 rings (SSSR count). The molecule has 0 spiro atoms. The Morgan fingerprint density at radius 1 is 1.30 bits per heavy atom. The molecule has 1 aromatic carbocycles. The second kappa shape index (κ2) is 8.59. The normalized spacial score (nSPS) is 10.9. The van der Waals surface area contributed by atoms with Crippen molar-refractivity contribution < 1.29 is 19.4 Å². The van der Waals surface area contributed by atoms with E-state index in [4.69, 9.17) is 9.47 Å². The summed E-state index contributed by atoms with van der Waals surface area (Å²) in [6.45, 7) is 4.78. The summed E-state index contributed by atoms with van der Waals surface area (Å²) in [5.74, 6) is -0.236. The van der Waals surface area contributed by atoms with Crippen LogP contribution in [0.2, 0.25) is 0 Å². The van der Waals surface area contributed by atoms with Gasteiger partial charge in [-0.2, -0.15) is 0 Å². The van der Waals surface area contributed by atoms with E-state index in [1.807, 2.05) is 19.0 Å². The zero-order valence-electron chi connectivity index (χ0n) is 16.0. The Kier molecular flexibility index (Phi) is 6.46. The molecule has 0 aliphatic carbocycles. The molecular weight excluding hydrogens is 350 g/mol. The number of allylic oxidation sites excluding steroid dienone is 1. The van der Waals surface area contributed by atoms with E-state index in [9.17, 15) is 14.7 Å². The molecule has 0 unspecified atom stereocenters. The minimum absolute atomic E-state index is 0.170. The zero-order chi connectivity index (χ0) is 20.1. The number of rotatable bonds is 8. The maximum Gasteiger partial charge on any atom is 0.268 e. The predicted octanol–water partition coefficient (Wildman–Crippen LogP) is 1.20. The number of benzene rings is 1. The van der Waals surface area contributed by atoms with Crippen LogP contribution in [-0.2, 0) is 6.54 Å². The summed E-state index contributed by atoms with van der Waals surface area (Å²) in [5, 5.41) is 13.7. The summed E-state index contributed by atoms with van der Waals surface area (Å²) in [4.78, 5) is 27.4. The van der Waals surface area contributed by atoms with E-state index in [-0.39, 0.29) is 12.1 Å². The van der Waals surface area contributed by atoms with Crippen LogP contribution in [0.5, 0.6) is 17.2 Å². The number of aromatic hydroxyl groups is 1. The quantitative estimate of drug-likeness (QED) is 0.674. The lowest BCUT2D eigenvalue weighted by molar-refractivity contribution is 0.0946. The second-order valence-corrected chi connectivity index (χ2v) is 6.21. The molecule has 1 amide bonds. The minimum Gasteiger partial charge on any atom is -0.506 e. The third-order valence-electron chi connectivity index (χ3n) is 4.13. The highest BCUT2D eigenvalue weighted by atomic mass is 16.5. The molecule has 1 aromatic heterocycles. The molecule has 8 nitrogen and oxygen atoms in total. The van der Waals surface area contributed by atoms with E-state index in [0.29, 0.717) is 35.5 Å². The van der Waals surface area contributed by atoms with E-state index in [0.717, 1.165) is 0 Å². The van der Waals surface area contributed by atoms with Gasteiger partial charge in [-0.15, -0.1) is 6.58 Å². The maximum absolute atomic E-state index is 12.9. The fraction of sp³-hybridized carbons (Fsp3) is 0.368. The Balaban J connectivity index is 2.69. The lowest BCUT2D eigenvalue weighted by Gasteiger charge is -2.17. The molecule has 0 radical (unpaired) electrons. The highest BCUT2D eigenvalue weighted by Crippen LogP contribution is 2.36. The number of methoxy groups -OCH3 is 2. The molecule has 0 fully saturated rings. The van der Waals surface area contributed by atoms with Crippen molar-refractivity contribution in [3.05, 3.63) is 40.7 Å². The molecule has 0 aliphatic heterocycles. The van der Waals surface area contributed by atoms with E-state index < -0.39 is 17.2 Å². The number of amides is 1. The topological polar surface area (TPSA) is 93.0 Å². The molecule has 27 heavy (non-hydrogen) atoms. The Labute approximate surface area is 157 Å². The van der Waals surface area contributed by atoms with Crippen molar-refractivity contribution >= 4 is 16.8 Å². The molecule has 0 bridgehead atoms. The van der Waals surface area contributed by atoms with Gasteiger partial charge in [-0.25, -0.2) is 0 Å². The predicted molar refractivity (Wildman–Crippen MR) is 104 cm³/mol. The number of fused-ring (bicyclic) bond motifs is 1. The van der Waals surface area contributed by atoms with E-state index in [1.54, 1.807) is 18.2 Å². The average molecular weight is 375 g/mol. The van der Waals surface area contributed by atoms with Gasteiger partial charge in [0.15, 0.2) is 11.5 Å². The Morgan fingerprint density at radius 2 is 1.93 bits per heavy atom. The van der Waals surface area contributed by atoms with Crippen molar-refractivity contribution in [2.75, 3.05) is 41.4 Å². The number of nitrogens with one attached hydrogen (secondary N) is 1. The number of nitrogens with zero attached hydrogens (tertiary/aromatic N) is 2. The Hall–Kier alpha value is -3.00. The number of hydrogen-bond acceptors (Lipinski definition) is 6. The van der Waals surface area contributed by atoms with Crippen LogP contribution in [0.15, 0.2) is 29.6 Å². The third kappa shape index (κ3) is 4.06. The summed E-state index contributed by atoms with van der Waals surface area (Å²) in [6, 6.07) is 3.13. The Morgan fingerprint density at radius 3 is 2.48 bits per heavy atom. The number of hydrogen-bond donors (Lipinski definition) is 2. The van der Waals surface area contributed by atoms with Crippen molar-refractivity contribution in [1.29, 1.82) is 0 Å². The zero-order valence-corrected chi connectivity index (χ0v) is 16.0. The van der Waals surface area contributed by atoms with Crippen LogP contribution < -0.4 is 20.3 Å². The molecule has 2 aromatic rings. The minimum atomic E-state index is -0.631. The van der Waals surface area contributed by atoms with Crippen LogP contribution in [0.4, 0.5) is 0 Å². The molecular formula is C19H25N3O5. The monoisotopic (exact) mass is 375 g/mol. The average Bonchev–Trinajstić information content (AvgIpc) is 2.63. The van der Waals surface area contributed by atoms with Gasteiger partial charge < -0.3 is 29.4 Å². The molecule has 0 saturated carbocycles. The van der Waals surface area contributed by atoms with Gasteiger partial charge >= 0.3 is 0 Å². The van der Waals surface area contributed by atoms with Gasteiger partial charge in [-0.05, 0) is 20.2 Å².